The van der Waals surface area contributed by atoms with Gasteiger partial charge in [0.1, 0.15) is 17.9 Å². The van der Waals surface area contributed by atoms with E-state index in [4.69, 9.17) is 5.26 Å². The molecule has 5 heteroatoms. The highest BCUT2D eigenvalue weighted by Gasteiger charge is 2.28. The van der Waals surface area contributed by atoms with E-state index in [1.165, 1.54) is 6.20 Å². The molecule has 0 spiro atoms. The monoisotopic (exact) mass is 230 g/mol. The van der Waals surface area contributed by atoms with Gasteiger partial charge in [0.15, 0.2) is 0 Å². The van der Waals surface area contributed by atoms with Crippen LogP contribution in [0.2, 0.25) is 0 Å². The van der Waals surface area contributed by atoms with Crippen LogP contribution in [0.15, 0.2) is 18.3 Å². The highest BCUT2D eigenvalue weighted by Crippen LogP contribution is 2.18. The number of hydrogen-bond donors (Lipinski definition) is 1. The van der Waals surface area contributed by atoms with E-state index >= 15 is 0 Å². The van der Waals surface area contributed by atoms with Crippen LogP contribution in [0, 0.1) is 11.3 Å². The molecule has 0 aromatic carbocycles. The molecule has 1 aromatic heterocycles. The number of nitriles is 1. The lowest BCUT2D eigenvalue weighted by molar-refractivity contribution is -0.123. The number of pyridine rings is 1. The lowest BCUT2D eigenvalue weighted by Crippen LogP contribution is -2.55. The Morgan fingerprint density at radius 1 is 1.65 bits per heavy atom. The normalized spacial score (nSPS) is 19.6. The zero-order valence-corrected chi connectivity index (χ0v) is 9.68. The molecule has 1 N–H and O–H groups in total. The maximum absolute atomic E-state index is 11.7. The molecular formula is C12H14N4O. The van der Waals surface area contributed by atoms with Crippen molar-refractivity contribution in [2.45, 2.75) is 19.4 Å². The summed E-state index contributed by atoms with van der Waals surface area (Å²) < 4.78 is 0. The van der Waals surface area contributed by atoms with Crippen LogP contribution in [0.25, 0.3) is 0 Å². The smallest absolute Gasteiger partial charge is 0.242 e. The van der Waals surface area contributed by atoms with Crippen LogP contribution in [0.3, 0.4) is 0 Å². The maximum atomic E-state index is 11.7. The number of anilines is 1. The Balaban J connectivity index is 2.25. The van der Waals surface area contributed by atoms with Gasteiger partial charge in [-0.05, 0) is 18.6 Å². The topological polar surface area (TPSA) is 69.0 Å². The van der Waals surface area contributed by atoms with E-state index in [2.05, 4.69) is 10.3 Å². The summed E-state index contributed by atoms with van der Waals surface area (Å²) >= 11 is 0. The van der Waals surface area contributed by atoms with Crippen LogP contribution in [-0.4, -0.2) is 30.0 Å². The standard InChI is InChI=1S/C12H14N4O/c1-2-10-12(17)14-5-6-16(10)11-4-3-9(7-13)8-15-11/h3-4,8,10H,2,5-6H2,1H3,(H,14,17). The minimum Gasteiger partial charge on any atom is -0.353 e. The number of rotatable bonds is 2. The van der Waals surface area contributed by atoms with Gasteiger partial charge in [0.2, 0.25) is 5.91 Å². The van der Waals surface area contributed by atoms with Gasteiger partial charge < -0.3 is 10.2 Å². The Morgan fingerprint density at radius 3 is 3.06 bits per heavy atom. The molecule has 88 valence electrons. The first-order valence-electron chi connectivity index (χ1n) is 5.66. The Hall–Kier alpha value is -2.09. The molecule has 1 fully saturated rings. The number of carbonyl (C=O) groups is 1. The predicted octanol–water partition coefficient (Wildman–Crippen LogP) is 0.668. The van der Waals surface area contributed by atoms with Crippen LogP contribution in [0.1, 0.15) is 18.9 Å². The van der Waals surface area contributed by atoms with Crippen molar-refractivity contribution >= 4 is 11.7 Å². The Bertz CT molecular complexity index is 449. The third-order valence-electron chi connectivity index (χ3n) is 2.89. The molecule has 1 aliphatic heterocycles. The second kappa shape index (κ2) is 4.83. The maximum Gasteiger partial charge on any atom is 0.242 e. The summed E-state index contributed by atoms with van der Waals surface area (Å²) in [4.78, 5) is 17.9. The largest absolute Gasteiger partial charge is 0.353 e. The molecule has 0 radical (unpaired) electrons. The molecule has 1 atom stereocenters. The van der Waals surface area contributed by atoms with Crippen LogP contribution in [0.4, 0.5) is 5.82 Å². The molecular weight excluding hydrogens is 216 g/mol. The SMILES string of the molecule is CCC1C(=O)NCCN1c1ccc(C#N)cn1. The first-order chi connectivity index (χ1) is 8.26. The molecule has 0 saturated carbocycles. The van der Waals surface area contributed by atoms with Gasteiger partial charge in [-0.15, -0.1) is 0 Å². The zero-order valence-electron chi connectivity index (χ0n) is 9.68. The number of amides is 1. The van der Waals surface area contributed by atoms with E-state index in [0.29, 0.717) is 12.1 Å². The van der Waals surface area contributed by atoms with Crippen molar-refractivity contribution in [3.63, 3.8) is 0 Å². The van der Waals surface area contributed by atoms with Gasteiger partial charge in [-0.1, -0.05) is 6.92 Å². The molecule has 2 rings (SSSR count). The fraction of sp³-hybridized carbons (Fsp3) is 0.417. The highest BCUT2D eigenvalue weighted by molar-refractivity contribution is 5.86. The van der Waals surface area contributed by atoms with Crippen molar-refractivity contribution in [3.8, 4) is 6.07 Å². The number of carbonyl (C=O) groups excluding carboxylic acids is 1. The zero-order chi connectivity index (χ0) is 12.3. The Morgan fingerprint density at radius 2 is 2.47 bits per heavy atom. The Kier molecular flexibility index (Phi) is 3.24. The van der Waals surface area contributed by atoms with E-state index in [0.717, 1.165) is 18.8 Å². The highest BCUT2D eigenvalue weighted by atomic mass is 16.2. The summed E-state index contributed by atoms with van der Waals surface area (Å²) in [5.74, 6) is 0.801. The number of piperazine rings is 1. The van der Waals surface area contributed by atoms with Gasteiger partial charge in [0, 0.05) is 19.3 Å². The van der Waals surface area contributed by atoms with Gasteiger partial charge in [-0.3, -0.25) is 4.79 Å². The molecule has 2 heterocycles. The predicted molar refractivity (Wildman–Crippen MR) is 63.4 cm³/mol. The minimum atomic E-state index is -0.163. The van der Waals surface area contributed by atoms with Crippen molar-refractivity contribution in [1.82, 2.24) is 10.3 Å². The number of hydrogen-bond acceptors (Lipinski definition) is 4. The van der Waals surface area contributed by atoms with Crippen molar-refractivity contribution in [1.29, 1.82) is 5.26 Å². The fourth-order valence-corrected chi connectivity index (χ4v) is 2.02. The van der Waals surface area contributed by atoms with Crippen molar-refractivity contribution in [3.05, 3.63) is 23.9 Å². The quantitative estimate of drug-likeness (QED) is 0.810. The van der Waals surface area contributed by atoms with Gasteiger partial charge >= 0.3 is 0 Å². The van der Waals surface area contributed by atoms with E-state index in [9.17, 15) is 4.79 Å². The third kappa shape index (κ3) is 2.21. The first-order valence-corrected chi connectivity index (χ1v) is 5.66. The lowest BCUT2D eigenvalue weighted by atomic mass is 10.1. The minimum absolute atomic E-state index is 0.0462. The summed E-state index contributed by atoms with van der Waals surface area (Å²) in [5, 5.41) is 11.6. The van der Waals surface area contributed by atoms with Gasteiger partial charge in [-0.2, -0.15) is 5.26 Å². The number of nitrogens with zero attached hydrogens (tertiary/aromatic N) is 3. The Labute approximate surface area is 100 Å². The molecule has 0 bridgehead atoms. The molecule has 1 aliphatic rings. The van der Waals surface area contributed by atoms with Crippen LogP contribution >= 0.6 is 0 Å². The van der Waals surface area contributed by atoms with E-state index in [-0.39, 0.29) is 11.9 Å². The van der Waals surface area contributed by atoms with Crippen molar-refractivity contribution < 1.29 is 4.79 Å². The summed E-state index contributed by atoms with van der Waals surface area (Å²) in [5.41, 5.74) is 0.531. The average molecular weight is 230 g/mol. The molecule has 1 amide bonds. The van der Waals surface area contributed by atoms with Crippen LogP contribution in [0.5, 0.6) is 0 Å². The van der Waals surface area contributed by atoms with Crippen LogP contribution in [-0.2, 0) is 4.79 Å². The summed E-state index contributed by atoms with van der Waals surface area (Å²) in [7, 11) is 0. The molecule has 5 nitrogen and oxygen atoms in total. The molecule has 1 unspecified atom stereocenters. The second-order valence-electron chi connectivity index (χ2n) is 3.93. The lowest BCUT2D eigenvalue weighted by Gasteiger charge is -2.35. The van der Waals surface area contributed by atoms with E-state index in [1.54, 1.807) is 12.1 Å². The molecule has 17 heavy (non-hydrogen) atoms. The molecule has 1 aromatic rings. The summed E-state index contributed by atoms with van der Waals surface area (Å²) in [6.07, 6.45) is 2.28. The van der Waals surface area contributed by atoms with Crippen molar-refractivity contribution in [2.24, 2.45) is 0 Å². The van der Waals surface area contributed by atoms with Gasteiger partial charge in [0.05, 0.1) is 5.56 Å². The van der Waals surface area contributed by atoms with Crippen LogP contribution < -0.4 is 10.2 Å². The summed E-state index contributed by atoms with van der Waals surface area (Å²) in [6.45, 7) is 3.37. The average Bonchev–Trinajstić information content (AvgIpc) is 2.38. The second-order valence-corrected chi connectivity index (χ2v) is 3.93. The molecule has 1 saturated heterocycles. The fourth-order valence-electron chi connectivity index (χ4n) is 2.02. The third-order valence-corrected chi connectivity index (χ3v) is 2.89. The first kappa shape index (κ1) is 11.4. The van der Waals surface area contributed by atoms with E-state index in [1.807, 2.05) is 17.9 Å². The summed E-state index contributed by atoms with van der Waals surface area (Å²) in [6, 6.07) is 5.38. The molecule has 0 aliphatic carbocycles. The van der Waals surface area contributed by atoms with Gasteiger partial charge in [0.25, 0.3) is 0 Å². The van der Waals surface area contributed by atoms with E-state index < -0.39 is 0 Å². The van der Waals surface area contributed by atoms with Crippen molar-refractivity contribution in [2.75, 3.05) is 18.0 Å². The number of aromatic nitrogens is 1. The number of nitrogens with one attached hydrogen (secondary N) is 1. The van der Waals surface area contributed by atoms with Gasteiger partial charge in [-0.25, -0.2) is 4.98 Å².